The van der Waals surface area contributed by atoms with Crippen molar-refractivity contribution in [3.05, 3.63) is 0 Å². The van der Waals surface area contributed by atoms with Crippen LogP contribution in [0, 0.1) is 5.92 Å². The summed E-state index contributed by atoms with van der Waals surface area (Å²) < 4.78 is 10.5. The maximum atomic E-state index is 12.8. The fraction of sp³-hybridized carbons (Fsp3) is 0.943. The summed E-state index contributed by atoms with van der Waals surface area (Å²) in [6.07, 6.45) is 29.0. The minimum atomic E-state index is 0.0749. The van der Waals surface area contributed by atoms with Gasteiger partial charge in [-0.2, -0.15) is 0 Å². The van der Waals surface area contributed by atoms with E-state index in [9.17, 15) is 9.59 Å². The van der Waals surface area contributed by atoms with E-state index >= 15 is 0 Å². The highest BCUT2D eigenvalue weighted by Gasteiger charge is 2.19. The van der Waals surface area contributed by atoms with Gasteiger partial charge in [0.2, 0.25) is 0 Å². The van der Waals surface area contributed by atoms with Crippen LogP contribution in [0.4, 0.5) is 0 Å². The van der Waals surface area contributed by atoms with Crippen molar-refractivity contribution in [2.75, 3.05) is 32.8 Å². The van der Waals surface area contributed by atoms with Crippen molar-refractivity contribution in [2.24, 2.45) is 5.92 Å². The van der Waals surface area contributed by atoms with Crippen LogP contribution in [0.5, 0.6) is 0 Å². The van der Waals surface area contributed by atoms with Crippen LogP contribution in [0.1, 0.15) is 175 Å². The van der Waals surface area contributed by atoms with Crippen LogP contribution < -0.4 is 0 Å². The van der Waals surface area contributed by atoms with Crippen molar-refractivity contribution >= 4 is 12.4 Å². The number of rotatable bonds is 33. The maximum absolute atomic E-state index is 12.8. The molecule has 0 rings (SSSR count). The first-order valence-electron chi connectivity index (χ1n) is 17.6. The number of carbonyl (C=O) groups excluding carboxylic acids is 2. The second-order valence-electron chi connectivity index (χ2n) is 12.0. The van der Waals surface area contributed by atoms with E-state index in [0.29, 0.717) is 19.7 Å². The van der Waals surface area contributed by atoms with Gasteiger partial charge in [-0.25, -0.2) is 0 Å². The van der Waals surface area contributed by atoms with Crippen molar-refractivity contribution in [2.45, 2.75) is 175 Å². The summed E-state index contributed by atoms with van der Waals surface area (Å²) in [7, 11) is 0. The van der Waals surface area contributed by atoms with Crippen LogP contribution >= 0.6 is 0 Å². The number of unbranched alkanes of at least 4 members (excludes halogenated alkanes) is 17. The standard InChI is InChI=1S/C35H69NO4/c1-4-7-10-12-15-21-27-34(26-20-11-8-5-2)35(38)40-32-25-19-14-17-23-30-36(28-9-6-3)29-22-16-13-18-24-31-39-33-37/h33-34H,4-32H2,1-3H3. The Morgan fingerprint density at radius 1 is 0.550 bits per heavy atom. The second kappa shape index (κ2) is 32.4. The van der Waals surface area contributed by atoms with E-state index in [1.165, 1.54) is 129 Å². The molecule has 0 fully saturated rings. The summed E-state index contributed by atoms with van der Waals surface area (Å²) in [6, 6.07) is 0. The predicted octanol–water partition coefficient (Wildman–Crippen LogP) is 10.0. The van der Waals surface area contributed by atoms with E-state index in [1.54, 1.807) is 0 Å². The predicted molar refractivity (Wildman–Crippen MR) is 171 cm³/mol. The molecule has 0 radical (unpaired) electrons. The molecular weight excluding hydrogens is 498 g/mol. The molecule has 0 heterocycles. The van der Waals surface area contributed by atoms with Gasteiger partial charge in [-0.1, -0.05) is 130 Å². The lowest BCUT2D eigenvalue weighted by Crippen LogP contribution is -2.27. The molecule has 5 nitrogen and oxygen atoms in total. The maximum Gasteiger partial charge on any atom is 0.308 e. The Bertz CT molecular complexity index is 528. The van der Waals surface area contributed by atoms with Gasteiger partial charge in [0.25, 0.3) is 6.47 Å². The zero-order valence-electron chi connectivity index (χ0n) is 27.2. The number of esters is 1. The molecule has 0 aromatic heterocycles. The fourth-order valence-electron chi connectivity index (χ4n) is 5.44. The molecule has 1 unspecified atom stereocenters. The molecule has 0 bridgehead atoms. The Labute approximate surface area is 249 Å². The minimum absolute atomic E-state index is 0.0749. The molecule has 0 N–H and O–H groups in total. The van der Waals surface area contributed by atoms with Crippen molar-refractivity contribution in [3.63, 3.8) is 0 Å². The van der Waals surface area contributed by atoms with Gasteiger partial charge in [-0.05, 0) is 64.6 Å². The SMILES string of the molecule is CCCCCCCCC(CCCCCC)C(=O)OCCCCCCCN(CCCC)CCCCCCCOC=O. The van der Waals surface area contributed by atoms with E-state index in [-0.39, 0.29) is 11.9 Å². The number of hydrogen-bond donors (Lipinski definition) is 0. The molecule has 0 aromatic carbocycles. The van der Waals surface area contributed by atoms with E-state index < -0.39 is 0 Å². The smallest absolute Gasteiger partial charge is 0.308 e. The van der Waals surface area contributed by atoms with E-state index in [0.717, 1.165) is 44.9 Å². The molecule has 0 aromatic rings. The Balaban J connectivity index is 4.02. The van der Waals surface area contributed by atoms with Crippen LogP contribution in [-0.4, -0.2) is 50.2 Å². The number of hydrogen-bond acceptors (Lipinski definition) is 5. The first kappa shape index (κ1) is 38.9. The summed E-state index contributed by atoms with van der Waals surface area (Å²) in [6.45, 7) is 12.1. The quantitative estimate of drug-likeness (QED) is 0.0448. The number of ether oxygens (including phenoxy) is 2. The summed E-state index contributed by atoms with van der Waals surface area (Å²) in [5.74, 6) is 0.194. The van der Waals surface area contributed by atoms with Crippen LogP contribution in [0.15, 0.2) is 0 Å². The minimum Gasteiger partial charge on any atom is -0.468 e. The first-order chi connectivity index (χ1) is 19.7. The topological polar surface area (TPSA) is 55.8 Å². The number of nitrogens with zero attached hydrogens (tertiary/aromatic N) is 1. The molecule has 0 saturated carbocycles. The highest BCUT2D eigenvalue weighted by Crippen LogP contribution is 2.21. The normalized spacial score (nSPS) is 12.1. The lowest BCUT2D eigenvalue weighted by molar-refractivity contribution is -0.149. The number of carbonyl (C=O) groups is 2. The molecule has 0 aliphatic rings. The highest BCUT2D eigenvalue weighted by atomic mass is 16.5. The lowest BCUT2D eigenvalue weighted by atomic mass is 9.94. The highest BCUT2D eigenvalue weighted by molar-refractivity contribution is 5.72. The van der Waals surface area contributed by atoms with Gasteiger partial charge in [-0.15, -0.1) is 0 Å². The lowest BCUT2D eigenvalue weighted by Gasteiger charge is -2.22. The summed E-state index contributed by atoms with van der Waals surface area (Å²) in [5, 5.41) is 0. The average molecular weight is 568 g/mol. The Morgan fingerprint density at radius 2 is 0.975 bits per heavy atom. The second-order valence-corrected chi connectivity index (χ2v) is 12.0. The third-order valence-corrected chi connectivity index (χ3v) is 8.14. The third-order valence-electron chi connectivity index (χ3n) is 8.14. The van der Waals surface area contributed by atoms with Gasteiger partial charge < -0.3 is 14.4 Å². The Morgan fingerprint density at radius 3 is 1.52 bits per heavy atom. The van der Waals surface area contributed by atoms with E-state index in [1.807, 2.05) is 0 Å². The Hall–Kier alpha value is -1.10. The summed E-state index contributed by atoms with van der Waals surface area (Å²) in [4.78, 5) is 25.6. The van der Waals surface area contributed by atoms with Crippen molar-refractivity contribution < 1.29 is 19.1 Å². The molecular formula is C35H69NO4. The zero-order valence-corrected chi connectivity index (χ0v) is 27.2. The van der Waals surface area contributed by atoms with Crippen LogP contribution in [-0.2, 0) is 19.1 Å². The summed E-state index contributed by atoms with van der Waals surface area (Å²) >= 11 is 0. The molecule has 0 spiro atoms. The molecule has 0 aliphatic carbocycles. The van der Waals surface area contributed by atoms with Gasteiger partial charge in [0.15, 0.2) is 0 Å². The first-order valence-corrected chi connectivity index (χ1v) is 17.6. The largest absolute Gasteiger partial charge is 0.468 e. The van der Waals surface area contributed by atoms with Crippen molar-refractivity contribution in [3.8, 4) is 0 Å². The third kappa shape index (κ3) is 27.1. The van der Waals surface area contributed by atoms with Gasteiger partial charge in [0, 0.05) is 0 Å². The molecule has 0 amide bonds. The van der Waals surface area contributed by atoms with E-state index in [2.05, 4.69) is 25.7 Å². The van der Waals surface area contributed by atoms with Crippen molar-refractivity contribution in [1.29, 1.82) is 0 Å². The van der Waals surface area contributed by atoms with Gasteiger partial charge >= 0.3 is 5.97 Å². The average Bonchev–Trinajstić information content (AvgIpc) is 2.96. The molecule has 40 heavy (non-hydrogen) atoms. The Kier molecular flexibility index (Phi) is 31.5. The molecule has 0 aliphatic heterocycles. The summed E-state index contributed by atoms with van der Waals surface area (Å²) in [5.41, 5.74) is 0. The monoisotopic (exact) mass is 568 g/mol. The zero-order chi connectivity index (χ0) is 29.4. The van der Waals surface area contributed by atoms with Crippen LogP contribution in [0.2, 0.25) is 0 Å². The van der Waals surface area contributed by atoms with Crippen molar-refractivity contribution in [1.82, 2.24) is 4.90 Å². The van der Waals surface area contributed by atoms with Gasteiger partial charge in [-0.3, -0.25) is 9.59 Å². The van der Waals surface area contributed by atoms with Gasteiger partial charge in [0.1, 0.15) is 0 Å². The van der Waals surface area contributed by atoms with Gasteiger partial charge in [0.05, 0.1) is 19.1 Å². The molecule has 0 saturated heterocycles. The molecule has 238 valence electrons. The molecule has 5 heteroatoms. The van der Waals surface area contributed by atoms with E-state index in [4.69, 9.17) is 9.47 Å². The molecule has 1 atom stereocenters. The van der Waals surface area contributed by atoms with Crippen LogP contribution in [0.3, 0.4) is 0 Å². The fourth-order valence-corrected chi connectivity index (χ4v) is 5.44. The van der Waals surface area contributed by atoms with Crippen LogP contribution in [0.25, 0.3) is 0 Å².